The van der Waals surface area contributed by atoms with Gasteiger partial charge < -0.3 is 19.4 Å². The van der Waals surface area contributed by atoms with Gasteiger partial charge in [0.05, 0.1) is 0 Å². The fourth-order valence-corrected chi connectivity index (χ4v) is 6.17. The molecule has 6 heteroatoms. The van der Waals surface area contributed by atoms with E-state index in [1.54, 1.807) is 6.20 Å². The number of rotatable bonds is 2. The molecule has 6 aromatic rings. The van der Waals surface area contributed by atoms with Gasteiger partial charge in [0.1, 0.15) is 11.5 Å². The summed E-state index contributed by atoms with van der Waals surface area (Å²) < 4.78 is 12.6. The van der Waals surface area contributed by atoms with Crippen LogP contribution in [-0.2, 0) is 25.5 Å². The van der Waals surface area contributed by atoms with Gasteiger partial charge in [0.2, 0.25) is 6.71 Å². The Balaban J connectivity index is 0.000000172. The zero-order valence-electron chi connectivity index (χ0n) is 26.5. The van der Waals surface area contributed by atoms with Crippen molar-refractivity contribution in [2.24, 2.45) is 0 Å². The smallest absolute Gasteiger partial charge is 0.239 e. The van der Waals surface area contributed by atoms with Crippen LogP contribution in [-0.4, -0.2) is 16.7 Å². The minimum Gasteiger partial charge on any atom is -0.503 e. The van der Waals surface area contributed by atoms with E-state index in [0.717, 1.165) is 61.9 Å². The van der Waals surface area contributed by atoms with E-state index in [1.165, 1.54) is 16.7 Å². The number of pyridine rings is 2. The molecule has 0 amide bonds. The second-order valence-corrected chi connectivity index (χ2v) is 12.6. The summed E-state index contributed by atoms with van der Waals surface area (Å²) in [7, 11) is 0. The second kappa shape index (κ2) is 12.7. The average molecular weight is 777 g/mol. The van der Waals surface area contributed by atoms with E-state index in [2.05, 4.69) is 99.2 Å². The van der Waals surface area contributed by atoms with Crippen LogP contribution < -0.4 is 25.9 Å². The molecular weight excluding hydrogens is 743 g/mol. The van der Waals surface area contributed by atoms with Gasteiger partial charge >= 0.3 is 0 Å². The third kappa shape index (κ3) is 5.91. The molecular formula is C40H33BIrN2O2-2. The topological polar surface area (TPSA) is 44.2 Å². The molecule has 229 valence electrons. The quantitative estimate of drug-likeness (QED) is 0.133. The van der Waals surface area contributed by atoms with Crippen molar-refractivity contribution in [2.45, 2.75) is 40.0 Å². The molecule has 4 heterocycles. The van der Waals surface area contributed by atoms with E-state index in [0.29, 0.717) is 0 Å². The molecule has 0 saturated carbocycles. The normalized spacial score (nSPS) is 12.2. The Bertz CT molecular complexity index is 2010. The maximum atomic E-state index is 6.37. The van der Waals surface area contributed by atoms with Gasteiger partial charge in [0.15, 0.2) is 0 Å². The predicted octanol–water partition coefficient (Wildman–Crippen LogP) is 7.74. The van der Waals surface area contributed by atoms with Crippen LogP contribution in [0.1, 0.15) is 37.5 Å². The molecule has 0 atom stereocenters. The van der Waals surface area contributed by atoms with Crippen LogP contribution in [0.5, 0.6) is 23.0 Å². The summed E-state index contributed by atoms with van der Waals surface area (Å²) in [4.78, 5) is 9.08. The molecule has 0 saturated heterocycles. The van der Waals surface area contributed by atoms with Crippen molar-refractivity contribution in [3.63, 3.8) is 0 Å². The standard InChI is InChI=1S/C23H13BNO2.C17H20N.Ir/c1-3-10-19-16(7-1)24-17-8-2-4-11-20(17)27-23-15(18-9-5-6-14-25-18)12-13-21(26-19)22(23)24;1-12-6-8-14(9-7-12)16-10-13(2)15(11-18-16)17(3,4)5;/h1-11,13-14H;6-8,10-11H,1-5H3;/q2*-1;. The van der Waals surface area contributed by atoms with E-state index in [-0.39, 0.29) is 32.2 Å². The van der Waals surface area contributed by atoms with Crippen LogP contribution in [0.3, 0.4) is 0 Å². The summed E-state index contributed by atoms with van der Waals surface area (Å²) in [5.74, 6) is 3.33. The molecule has 0 fully saturated rings. The van der Waals surface area contributed by atoms with Crippen molar-refractivity contribution < 1.29 is 29.6 Å². The van der Waals surface area contributed by atoms with Crippen LogP contribution in [0, 0.1) is 26.0 Å². The van der Waals surface area contributed by atoms with Crippen LogP contribution in [0.15, 0.2) is 109 Å². The monoisotopic (exact) mass is 777 g/mol. The fraction of sp³-hybridized carbons (Fsp3) is 0.150. The molecule has 2 aromatic heterocycles. The Morgan fingerprint density at radius 2 is 1.39 bits per heavy atom. The number of hydrogen-bond acceptors (Lipinski definition) is 4. The van der Waals surface area contributed by atoms with Crippen molar-refractivity contribution in [3.8, 4) is 45.5 Å². The molecule has 4 aromatic carbocycles. The van der Waals surface area contributed by atoms with Gasteiger partial charge in [0, 0.05) is 44.0 Å². The zero-order chi connectivity index (χ0) is 31.1. The van der Waals surface area contributed by atoms with Crippen LogP contribution in [0.25, 0.3) is 22.5 Å². The van der Waals surface area contributed by atoms with Crippen LogP contribution in [0.2, 0.25) is 0 Å². The minimum atomic E-state index is 0. The van der Waals surface area contributed by atoms with Crippen LogP contribution in [0.4, 0.5) is 0 Å². The Morgan fingerprint density at radius 3 is 2.02 bits per heavy atom. The SMILES string of the molecule is Cc1c[c-]c(-c2cc(C)c(C(C)(C)C)cn2)cc1.[Ir].[c-]1cc2c3c(c1-c1ccccn1)Oc1ccccc1B3c1ccccc1O2. The summed E-state index contributed by atoms with van der Waals surface area (Å²) >= 11 is 0. The molecule has 2 aliphatic heterocycles. The molecule has 0 bridgehead atoms. The minimum absolute atomic E-state index is 0. The first-order chi connectivity index (χ1) is 21.8. The fourth-order valence-electron chi connectivity index (χ4n) is 6.17. The summed E-state index contributed by atoms with van der Waals surface area (Å²) in [6.45, 7) is 10.9. The number of fused-ring (bicyclic) bond motifs is 4. The number of benzene rings is 4. The van der Waals surface area contributed by atoms with Gasteiger partial charge in [-0.2, -0.15) is 0 Å². The number of aromatic nitrogens is 2. The summed E-state index contributed by atoms with van der Waals surface area (Å²) in [5, 5.41) is 0. The Morgan fingerprint density at radius 1 is 0.696 bits per heavy atom. The van der Waals surface area contributed by atoms with Crippen molar-refractivity contribution >= 4 is 23.1 Å². The van der Waals surface area contributed by atoms with E-state index in [4.69, 9.17) is 9.47 Å². The first kappa shape index (κ1) is 31.5. The van der Waals surface area contributed by atoms with E-state index < -0.39 is 0 Å². The van der Waals surface area contributed by atoms with Crippen molar-refractivity contribution in [2.75, 3.05) is 0 Å². The molecule has 0 spiro atoms. The van der Waals surface area contributed by atoms with Gasteiger partial charge in [-0.25, -0.2) is 0 Å². The van der Waals surface area contributed by atoms with Crippen LogP contribution >= 0.6 is 0 Å². The first-order valence-electron chi connectivity index (χ1n) is 15.3. The molecule has 2 aliphatic rings. The maximum absolute atomic E-state index is 6.37. The molecule has 0 unspecified atom stereocenters. The second-order valence-electron chi connectivity index (χ2n) is 12.6. The number of para-hydroxylation sites is 2. The Labute approximate surface area is 285 Å². The third-order valence-corrected chi connectivity index (χ3v) is 8.35. The largest absolute Gasteiger partial charge is 0.503 e. The van der Waals surface area contributed by atoms with E-state index in [9.17, 15) is 0 Å². The number of nitrogens with zero attached hydrogens (tertiary/aromatic N) is 2. The molecule has 0 N–H and O–H groups in total. The van der Waals surface area contributed by atoms with Gasteiger partial charge in [-0.05, 0) is 58.4 Å². The zero-order valence-corrected chi connectivity index (χ0v) is 28.9. The summed E-state index contributed by atoms with van der Waals surface area (Å²) in [6.07, 6.45) is 3.79. The van der Waals surface area contributed by atoms with Crippen molar-refractivity contribution in [1.29, 1.82) is 0 Å². The summed E-state index contributed by atoms with van der Waals surface area (Å²) in [5.41, 5.74) is 11.1. The van der Waals surface area contributed by atoms with Gasteiger partial charge in [-0.3, -0.25) is 0 Å². The number of ether oxygens (including phenoxy) is 2. The summed E-state index contributed by atoms with van der Waals surface area (Å²) in [6, 6.07) is 39.1. The molecule has 1 radical (unpaired) electrons. The Hall–Kier alpha value is -4.51. The maximum Gasteiger partial charge on any atom is 0.239 e. The molecule has 8 rings (SSSR count). The number of aryl methyl sites for hydroxylation is 2. The molecule has 4 nitrogen and oxygen atoms in total. The van der Waals surface area contributed by atoms with E-state index in [1.807, 2.05) is 60.8 Å². The molecule has 46 heavy (non-hydrogen) atoms. The third-order valence-electron chi connectivity index (χ3n) is 8.35. The van der Waals surface area contributed by atoms with Gasteiger partial charge in [0.25, 0.3) is 0 Å². The van der Waals surface area contributed by atoms with E-state index >= 15 is 0 Å². The van der Waals surface area contributed by atoms with Gasteiger partial charge in [-0.15, -0.1) is 47.5 Å². The van der Waals surface area contributed by atoms with Crippen molar-refractivity contribution in [3.05, 3.63) is 138 Å². The number of hydrogen-bond donors (Lipinski definition) is 0. The predicted molar refractivity (Wildman–Crippen MR) is 183 cm³/mol. The Kier molecular flexibility index (Phi) is 8.70. The van der Waals surface area contributed by atoms with Crippen molar-refractivity contribution in [1.82, 2.24) is 9.97 Å². The first-order valence-corrected chi connectivity index (χ1v) is 15.3. The molecule has 0 aliphatic carbocycles. The van der Waals surface area contributed by atoms with Gasteiger partial charge in [-0.1, -0.05) is 98.9 Å². The average Bonchev–Trinajstić information content (AvgIpc) is 3.05.